The van der Waals surface area contributed by atoms with Crippen LogP contribution in [-0.4, -0.2) is 42.4 Å². The number of Topliss-reactive ketones (excluding diaryl/α,β-unsaturated/α-hetero) is 1. The molecule has 2 aliphatic heterocycles. The number of rotatable bonds is 2. The van der Waals surface area contributed by atoms with Crippen LogP contribution in [0.25, 0.3) is 10.9 Å². The zero-order valence-electron chi connectivity index (χ0n) is 17.2. The largest absolute Gasteiger partial charge is 0.371 e. The topological polar surface area (TPSA) is 60.9 Å². The molecule has 0 N–H and O–H groups in total. The molecule has 7 heteroatoms. The molecule has 2 aliphatic carbocycles. The van der Waals surface area contributed by atoms with E-state index >= 15 is 0 Å². The third kappa shape index (κ3) is 2.82. The van der Waals surface area contributed by atoms with E-state index in [2.05, 4.69) is 9.88 Å². The summed E-state index contributed by atoms with van der Waals surface area (Å²) in [5.41, 5.74) is 2.00. The first-order valence-electron chi connectivity index (χ1n) is 10.7. The Morgan fingerprint density at radius 2 is 2.03 bits per heavy atom. The van der Waals surface area contributed by atoms with Gasteiger partial charge in [-0.2, -0.15) is 4.89 Å². The summed E-state index contributed by atoms with van der Waals surface area (Å²) >= 11 is 6.14. The fraction of sp³-hybridized carbons (Fsp3) is 0.417. The van der Waals surface area contributed by atoms with Crippen molar-refractivity contribution in [2.75, 3.05) is 25.1 Å². The van der Waals surface area contributed by atoms with Crippen molar-refractivity contribution in [2.45, 2.75) is 30.7 Å². The molecule has 6 nitrogen and oxygen atoms in total. The number of ether oxygens (including phenoxy) is 1. The highest BCUT2D eigenvalue weighted by molar-refractivity contribution is 6.31. The number of anilines is 1. The Morgan fingerprint density at radius 1 is 1.19 bits per heavy atom. The van der Waals surface area contributed by atoms with E-state index < -0.39 is 11.4 Å². The minimum Gasteiger partial charge on any atom is -0.371 e. The number of hydrogen-bond acceptors (Lipinski definition) is 6. The van der Waals surface area contributed by atoms with Gasteiger partial charge in [0.15, 0.2) is 5.78 Å². The molecule has 3 atom stereocenters. The van der Waals surface area contributed by atoms with Crippen LogP contribution in [0.1, 0.15) is 19.3 Å². The third-order valence-corrected chi connectivity index (χ3v) is 7.46. The number of piperidine rings is 1. The average Bonchev–Trinajstić information content (AvgIpc) is 3.26. The van der Waals surface area contributed by atoms with Gasteiger partial charge in [-0.1, -0.05) is 23.8 Å². The first-order chi connectivity index (χ1) is 15.0. The summed E-state index contributed by atoms with van der Waals surface area (Å²) < 4.78 is 5.75. The van der Waals surface area contributed by atoms with Gasteiger partial charge in [-0.25, -0.2) is 4.89 Å². The summed E-state index contributed by atoms with van der Waals surface area (Å²) in [5.74, 6) is -1.11. The highest BCUT2D eigenvalue weighted by atomic mass is 35.5. The summed E-state index contributed by atoms with van der Waals surface area (Å²) in [5, 5.41) is 1.75. The fourth-order valence-corrected chi connectivity index (χ4v) is 5.65. The zero-order chi connectivity index (χ0) is 21.2. The van der Waals surface area contributed by atoms with Crippen LogP contribution in [0.15, 0.2) is 54.3 Å². The zero-order valence-corrected chi connectivity index (χ0v) is 18.0. The number of carbonyl (C=O) groups is 1. The highest BCUT2D eigenvalue weighted by Crippen LogP contribution is 2.51. The van der Waals surface area contributed by atoms with Crippen LogP contribution in [0.2, 0.25) is 5.02 Å². The lowest BCUT2D eigenvalue weighted by atomic mass is 9.74. The van der Waals surface area contributed by atoms with Gasteiger partial charge < -0.3 is 9.64 Å². The minimum absolute atomic E-state index is 0.00102. The van der Waals surface area contributed by atoms with Gasteiger partial charge in [0.1, 0.15) is 5.60 Å². The number of allylic oxidation sites excluding steroid dienone is 1. The summed E-state index contributed by atoms with van der Waals surface area (Å²) in [4.78, 5) is 31.8. The van der Waals surface area contributed by atoms with Crippen molar-refractivity contribution < 1.29 is 19.3 Å². The molecule has 1 aromatic heterocycles. The Labute approximate surface area is 185 Å². The molecule has 0 radical (unpaired) electrons. The first-order valence-corrected chi connectivity index (χ1v) is 11.1. The molecule has 1 saturated heterocycles. The summed E-state index contributed by atoms with van der Waals surface area (Å²) in [7, 11) is 1.58. The number of fused-ring (bicyclic) bond motifs is 5. The molecule has 31 heavy (non-hydrogen) atoms. The molecule has 6 rings (SSSR count). The quantitative estimate of drug-likeness (QED) is 0.516. The van der Waals surface area contributed by atoms with Gasteiger partial charge in [0.05, 0.1) is 11.1 Å². The average molecular weight is 439 g/mol. The van der Waals surface area contributed by atoms with Gasteiger partial charge >= 0.3 is 0 Å². The van der Waals surface area contributed by atoms with Crippen LogP contribution >= 0.6 is 11.6 Å². The molecule has 2 aromatic rings. The monoisotopic (exact) mass is 438 g/mol. The van der Waals surface area contributed by atoms with E-state index in [1.807, 2.05) is 48.7 Å². The molecule has 1 saturated carbocycles. The Hall–Kier alpha value is -2.25. The Morgan fingerprint density at radius 3 is 2.84 bits per heavy atom. The number of nitrogens with zero attached hydrogens (tertiary/aromatic N) is 2. The van der Waals surface area contributed by atoms with Crippen LogP contribution in [0.5, 0.6) is 0 Å². The molecule has 1 spiro atoms. The highest BCUT2D eigenvalue weighted by Gasteiger charge is 2.59. The maximum atomic E-state index is 13.1. The molecule has 3 heterocycles. The van der Waals surface area contributed by atoms with Crippen molar-refractivity contribution in [1.82, 2.24) is 4.98 Å². The Balaban J connectivity index is 1.29. The lowest BCUT2D eigenvalue weighted by Crippen LogP contribution is -2.57. The minimum atomic E-state index is -1.12. The maximum Gasteiger partial charge on any atom is 0.237 e. The standard InChI is InChI=1S/C24H23ClN2O4/c1-29-24-16-3-2-15(12-16)22(28)19(24)14-23(30-31-24)7-10-27(11-8-23)21-6-9-26-20-13-17(25)4-5-18(20)21/h2-6,9,13-16H,7-8,10-12H2,1H3/t15-,16-,24-/m0/s1. The molecule has 160 valence electrons. The van der Waals surface area contributed by atoms with Crippen molar-refractivity contribution in [1.29, 1.82) is 0 Å². The number of hydrogen-bond donors (Lipinski definition) is 0. The fourth-order valence-electron chi connectivity index (χ4n) is 5.49. The molecule has 2 bridgehead atoms. The molecule has 4 aliphatic rings. The smallest absolute Gasteiger partial charge is 0.237 e. The molecule has 0 amide bonds. The number of halogens is 1. The number of ketones is 1. The predicted octanol–water partition coefficient (Wildman–Crippen LogP) is 4.23. The van der Waals surface area contributed by atoms with E-state index in [4.69, 9.17) is 26.1 Å². The van der Waals surface area contributed by atoms with Crippen molar-refractivity contribution in [3.63, 3.8) is 0 Å². The van der Waals surface area contributed by atoms with Crippen LogP contribution in [0.4, 0.5) is 5.69 Å². The van der Waals surface area contributed by atoms with Crippen molar-refractivity contribution in [3.05, 3.63) is 59.3 Å². The molecule has 0 unspecified atom stereocenters. The summed E-state index contributed by atoms with van der Waals surface area (Å²) in [6.07, 6.45) is 9.96. The summed E-state index contributed by atoms with van der Waals surface area (Å²) in [6, 6.07) is 7.83. The van der Waals surface area contributed by atoms with Crippen molar-refractivity contribution in [2.24, 2.45) is 11.8 Å². The Kier molecular flexibility index (Phi) is 4.31. The summed E-state index contributed by atoms with van der Waals surface area (Å²) in [6.45, 7) is 1.54. The lowest BCUT2D eigenvalue weighted by Gasteiger charge is -2.49. The van der Waals surface area contributed by atoms with Crippen LogP contribution in [-0.2, 0) is 19.3 Å². The number of methoxy groups -OCH3 is 1. The second-order valence-corrected chi connectivity index (χ2v) is 9.27. The number of aromatic nitrogens is 1. The number of carbonyl (C=O) groups excluding carboxylic acids is 1. The first kappa shape index (κ1) is 19.4. The van der Waals surface area contributed by atoms with Crippen molar-refractivity contribution >= 4 is 34.0 Å². The SMILES string of the molecule is CO[C@@]12OOC3(C=C1C(=O)[C@H]1C=C[C@H]2C1)CCN(c1ccnc2cc(Cl)ccc12)CC3. The van der Waals surface area contributed by atoms with Gasteiger partial charge in [0.25, 0.3) is 0 Å². The lowest BCUT2D eigenvalue weighted by molar-refractivity contribution is -0.463. The van der Waals surface area contributed by atoms with Gasteiger partial charge in [-0.15, -0.1) is 0 Å². The van der Waals surface area contributed by atoms with Crippen LogP contribution < -0.4 is 4.90 Å². The van der Waals surface area contributed by atoms with E-state index in [0.717, 1.165) is 29.7 Å². The van der Waals surface area contributed by atoms with E-state index in [0.29, 0.717) is 29.9 Å². The van der Waals surface area contributed by atoms with Gasteiger partial charge in [0, 0.05) is 67.2 Å². The van der Waals surface area contributed by atoms with E-state index in [1.165, 1.54) is 0 Å². The number of pyridine rings is 1. The van der Waals surface area contributed by atoms with Crippen LogP contribution in [0, 0.1) is 11.8 Å². The predicted molar refractivity (Wildman–Crippen MR) is 117 cm³/mol. The molecular weight excluding hydrogens is 416 g/mol. The van der Waals surface area contributed by atoms with E-state index in [-0.39, 0.29) is 17.6 Å². The molecule has 1 aromatic carbocycles. The van der Waals surface area contributed by atoms with E-state index in [1.54, 1.807) is 7.11 Å². The molecule has 2 fully saturated rings. The second-order valence-electron chi connectivity index (χ2n) is 8.84. The normalized spacial score (nSPS) is 31.2. The maximum absolute atomic E-state index is 13.1. The van der Waals surface area contributed by atoms with Crippen molar-refractivity contribution in [3.8, 4) is 0 Å². The third-order valence-electron chi connectivity index (χ3n) is 7.22. The number of benzene rings is 1. The second kappa shape index (κ2) is 6.87. The van der Waals surface area contributed by atoms with E-state index in [9.17, 15) is 4.79 Å². The van der Waals surface area contributed by atoms with Gasteiger partial charge in [-0.3, -0.25) is 9.78 Å². The molecular formula is C24H23ClN2O4. The van der Waals surface area contributed by atoms with Gasteiger partial charge in [-0.05, 0) is 36.8 Å². The van der Waals surface area contributed by atoms with Crippen LogP contribution in [0.3, 0.4) is 0 Å². The van der Waals surface area contributed by atoms with Gasteiger partial charge in [0.2, 0.25) is 5.79 Å². The Bertz CT molecular complexity index is 1140.